The number of carbonyl (C=O) groups is 1. The van der Waals surface area contributed by atoms with Gasteiger partial charge >= 0.3 is 0 Å². The van der Waals surface area contributed by atoms with E-state index in [1.165, 1.54) is 0 Å². The van der Waals surface area contributed by atoms with Crippen LogP contribution >= 0.6 is 29.3 Å². The summed E-state index contributed by atoms with van der Waals surface area (Å²) in [6.07, 6.45) is 0.0250. The van der Waals surface area contributed by atoms with E-state index >= 15 is 0 Å². The second-order valence-electron chi connectivity index (χ2n) is 3.32. The van der Waals surface area contributed by atoms with Gasteiger partial charge in [0.2, 0.25) is 11.7 Å². The molecule has 0 radical (unpaired) electrons. The maximum atomic E-state index is 12.2. The first-order valence-corrected chi connectivity index (χ1v) is 7.54. The number of hydrogen-bond acceptors (Lipinski definition) is 2. The molecule has 2 atom stereocenters. The average molecular weight is 265 g/mol. The number of benzene rings is 1. The molecule has 0 fully saturated rings. The van der Waals surface area contributed by atoms with E-state index in [1.54, 1.807) is 31.2 Å². The van der Waals surface area contributed by atoms with Crippen molar-refractivity contribution >= 4 is 39.9 Å². The highest BCUT2D eigenvalue weighted by molar-refractivity contribution is 7.95. The molecule has 1 aromatic rings. The monoisotopic (exact) mass is 264 g/mol. The molecular weight excluding hydrogens is 254 g/mol. The zero-order chi connectivity index (χ0) is 11.5. The van der Waals surface area contributed by atoms with E-state index in [0.717, 1.165) is 0 Å². The van der Waals surface area contributed by atoms with Gasteiger partial charge in [-0.2, -0.15) is 0 Å². The van der Waals surface area contributed by atoms with Crippen molar-refractivity contribution in [3.8, 4) is 0 Å². The van der Waals surface area contributed by atoms with Crippen LogP contribution in [0.4, 0.5) is 0 Å². The molecule has 0 aliphatic rings. The first-order chi connectivity index (χ1) is 6.94. The van der Waals surface area contributed by atoms with Gasteiger partial charge in [-0.25, -0.2) is 0 Å². The Balaban J connectivity index is 2.93. The van der Waals surface area contributed by atoms with Crippen molar-refractivity contribution in [2.75, 3.05) is 0 Å². The van der Waals surface area contributed by atoms with Crippen LogP contribution in [0.2, 0.25) is 0 Å². The van der Waals surface area contributed by atoms with Crippen molar-refractivity contribution in [2.24, 2.45) is 0 Å². The third kappa shape index (κ3) is 3.34. The lowest BCUT2D eigenvalue weighted by molar-refractivity contribution is -0.111. The Morgan fingerprint density at radius 1 is 1.40 bits per heavy atom. The standard InChI is InChI=1S/C10H11Cl2O2P/c1-8(7-10(11)13)15(12,14)9-5-3-2-4-6-9/h2-6,8H,7H2,1H3. The second-order valence-corrected chi connectivity index (χ2v) is 7.80. The van der Waals surface area contributed by atoms with Gasteiger partial charge in [-0.15, -0.1) is 0 Å². The smallest absolute Gasteiger partial charge is 0.222 e. The van der Waals surface area contributed by atoms with Gasteiger partial charge in [0.05, 0.1) is 0 Å². The molecule has 2 nitrogen and oxygen atoms in total. The molecule has 5 heteroatoms. The molecule has 0 saturated carbocycles. The summed E-state index contributed by atoms with van der Waals surface area (Å²) in [6.45, 7) is -1.36. The predicted octanol–water partition coefficient (Wildman–Crippen LogP) is 3.37. The summed E-state index contributed by atoms with van der Waals surface area (Å²) in [4.78, 5) is 10.7. The van der Waals surface area contributed by atoms with Gasteiger partial charge in [-0.1, -0.05) is 37.3 Å². The van der Waals surface area contributed by atoms with E-state index in [2.05, 4.69) is 0 Å². The molecule has 1 rings (SSSR count). The van der Waals surface area contributed by atoms with Crippen LogP contribution in [0.15, 0.2) is 30.3 Å². The van der Waals surface area contributed by atoms with Crippen molar-refractivity contribution in [1.29, 1.82) is 0 Å². The summed E-state index contributed by atoms with van der Waals surface area (Å²) in [7, 11) is 0. The molecule has 0 amide bonds. The highest BCUT2D eigenvalue weighted by atomic mass is 35.7. The first kappa shape index (κ1) is 12.8. The Kier molecular flexibility index (Phi) is 4.39. The Morgan fingerprint density at radius 2 is 1.93 bits per heavy atom. The highest BCUT2D eigenvalue weighted by Crippen LogP contribution is 2.55. The van der Waals surface area contributed by atoms with Crippen LogP contribution < -0.4 is 5.30 Å². The molecule has 0 aliphatic heterocycles. The Morgan fingerprint density at radius 3 is 2.40 bits per heavy atom. The number of carbonyl (C=O) groups excluding carboxylic acids is 1. The van der Waals surface area contributed by atoms with Crippen LogP contribution in [0.1, 0.15) is 13.3 Å². The lowest BCUT2D eigenvalue weighted by Gasteiger charge is -2.17. The fourth-order valence-electron chi connectivity index (χ4n) is 1.24. The van der Waals surface area contributed by atoms with Gasteiger partial charge in [0.25, 0.3) is 0 Å². The second kappa shape index (κ2) is 5.16. The zero-order valence-electron chi connectivity index (χ0n) is 8.19. The predicted molar refractivity (Wildman–Crippen MR) is 64.5 cm³/mol. The van der Waals surface area contributed by atoms with Gasteiger partial charge in [0, 0.05) is 17.4 Å². The van der Waals surface area contributed by atoms with E-state index in [0.29, 0.717) is 5.30 Å². The zero-order valence-corrected chi connectivity index (χ0v) is 10.6. The summed E-state index contributed by atoms with van der Waals surface area (Å²) in [6, 6.07) is 8.74. The Hall–Kier alpha value is -0.300. The molecule has 0 aliphatic carbocycles. The lowest BCUT2D eigenvalue weighted by Crippen LogP contribution is -2.13. The van der Waals surface area contributed by atoms with Crippen molar-refractivity contribution in [3.05, 3.63) is 30.3 Å². The number of halogens is 2. The van der Waals surface area contributed by atoms with Gasteiger partial charge in [0.15, 0.2) is 0 Å². The van der Waals surface area contributed by atoms with Gasteiger partial charge in [-0.3, -0.25) is 4.79 Å². The summed E-state index contributed by atoms with van der Waals surface area (Å²) >= 11 is 11.2. The minimum Gasteiger partial charge on any atom is -0.301 e. The van der Waals surface area contributed by atoms with E-state index < -0.39 is 17.4 Å². The summed E-state index contributed by atoms with van der Waals surface area (Å²) < 4.78 is 12.2. The molecule has 15 heavy (non-hydrogen) atoms. The van der Waals surface area contributed by atoms with Crippen LogP contribution in [0.3, 0.4) is 0 Å². The maximum absolute atomic E-state index is 12.2. The minimum atomic E-state index is -3.02. The number of hydrogen-bond donors (Lipinski definition) is 0. The third-order valence-electron chi connectivity index (χ3n) is 2.13. The quantitative estimate of drug-likeness (QED) is 0.617. The molecule has 0 aromatic heterocycles. The van der Waals surface area contributed by atoms with Gasteiger partial charge < -0.3 is 4.57 Å². The molecule has 0 N–H and O–H groups in total. The maximum Gasteiger partial charge on any atom is 0.222 e. The minimum absolute atomic E-state index is 0.0250. The fourth-order valence-corrected chi connectivity index (χ4v) is 3.61. The largest absolute Gasteiger partial charge is 0.301 e. The molecule has 0 spiro atoms. The fraction of sp³-hybridized carbons (Fsp3) is 0.300. The molecule has 1 aromatic carbocycles. The normalized spacial score (nSPS) is 16.7. The molecule has 2 unspecified atom stereocenters. The van der Waals surface area contributed by atoms with Crippen molar-refractivity contribution in [3.63, 3.8) is 0 Å². The molecule has 0 heterocycles. The molecule has 0 saturated heterocycles. The Bertz CT molecular complexity index is 392. The van der Waals surface area contributed by atoms with Crippen molar-refractivity contribution < 1.29 is 9.36 Å². The molecular formula is C10H11Cl2O2P. The first-order valence-electron chi connectivity index (χ1n) is 4.48. The van der Waals surface area contributed by atoms with Crippen molar-refractivity contribution in [2.45, 2.75) is 19.0 Å². The van der Waals surface area contributed by atoms with Crippen LogP contribution in [0.5, 0.6) is 0 Å². The summed E-state index contributed by atoms with van der Waals surface area (Å²) in [5, 5.41) is 0.0522. The highest BCUT2D eigenvalue weighted by Gasteiger charge is 2.30. The van der Waals surface area contributed by atoms with Crippen LogP contribution in [-0.4, -0.2) is 10.9 Å². The average Bonchev–Trinajstić information content (AvgIpc) is 2.18. The summed E-state index contributed by atoms with van der Waals surface area (Å²) in [5.41, 5.74) is -0.438. The van der Waals surface area contributed by atoms with Crippen molar-refractivity contribution in [1.82, 2.24) is 0 Å². The summed E-state index contributed by atoms with van der Waals surface area (Å²) in [5.74, 6) is 0. The lowest BCUT2D eigenvalue weighted by atomic mass is 10.3. The van der Waals surface area contributed by atoms with E-state index in [9.17, 15) is 9.36 Å². The van der Waals surface area contributed by atoms with Gasteiger partial charge in [-0.05, 0) is 22.8 Å². The van der Waals surface area contributed by atoms with Crippen LogP contribution in [0.25, 0.3) is 0 Å². The topological polar surface area (TPSA) is 34.1 Å². The van der Waals surface area contributed by atoms with E-state index in [-0.39, 0.29) is 6.42 Å². The molecule has 82 valence electrons. The number of rotatable bonds is 4. The van der Waals surface area contributed by atoms with Crippen LogP contribution in [0, 0.1) is 0 Å². The van der Waals surface area contributed by atoms with E-state index in [4.69, 9.17) is 22.8 Å². The van der Waals surface area contributed by atoms with Gasteiger partial charge in [0.1, 0.15) is 0 Å². The third-order valence-corrected chi connectivity index (χ3v) is 6.19. The Labute approximate surface area is 98.7 Å². The van der Waals surface area contributed by atoms with Crippen LogP contribution in [-0.2, 0) is 9.36 Å². The molecule has 0 bridgehead atoms. The van der Waals surface area contributed by atoms with E-state index in [1.807, 2.05) is 6.07 Å². The SMILES string of the molecule is CC(CC(=O)Cl)P(=O)(Cl)c1ccccc1.